The summed E-state index contributed by atoms with van der Waals surface area (Å²) < 4.78 is 25.9. The van der Waals surface area contributed by atoms with Gasteiger partial charge in [0.15, 0.2) is 11.6 Å². The molecule has 0 saturated carbocycles. The summed E-state index contributed by atoms with van der Waals surface area (Å²) in [6, 6.07) is 9.46. The van der Waals surface area contributed by atoms with Crippen molar-refractivity contribution < 1.29 is 8.78 Å². The lowest BCUT2D eigenvalue weighted by Crippen LogP contribution is -2.05. The Morgan fingerprint density at radius 2 is 1.75 bits per heavy atom. The van der Waals surface area contributed by atoms with E-state index in [1.807, 2.05) is 18.2 Å². The van der Waals surface area contributed by atoms with Crippen molar-refractivity contribution in [3.8, 4) is 0 Å². The van der Waals surface area contributed by atoms with Crippen molar-refractivity contribution in [3.63, 3.8) is 0 Å². The molecule has 0 bridgehead atoms. The van der Waals surface area contributed by atoms with E-state index < -0.39 is 11.6 Å². The molecule has 0 aliphatic carbocycles. The lowest BCUT2D eigenvalue weighted by molar-refractivity contribution is 0.507. The minimum absolute atomic E-state index is 0.390. The van der Waals surface area contributed by atoms with E-state index in [2.05, 4.69) is 22.5 Å². The van der Waals surface area contributed by atoms with Gasteiger partial charge in [0.25, 0.3) is 0 Å². The molecule has 0 aliphatic rings. The van der Waals surface area contributed by atoms with Gasteiger partial charge in [0.1, 0.15) is 11.6 Å². The fourth-order valence-electron chi connectivity index (χ4n) is 1.73. The average molecular weight is 277 g/mol. The molecule has 0 fully saturated rings. The van der Waals surface area contributed by atoms with E-state index in [1.165, 1.54) is 6.07 Å². The van der Waals surface area contributed by atoms with Gasteiger partial charge in [0.05, 0.1) is 0 Å². The topological polar surface area (TPSA) is 37.0 Å². The first kappa shape index (κ1) is 14.2. The molecule has 20 heavy (non-hydrogen) atoms. The van der Waals surface area contributed by atoms with Crippen LogP contribution in [-0.2, 0) is 6.54 Å². The van der Waals surface area contributed by atoms with Gasteiger partial charge in [-0.25, -0.2) is 13.8 Å². The standard InChI is InChI=1S/C15H17F2N3/c1-2-8-18-14-4-3-5-15(20-14)19-10-11-6-7-12(16)13(17)9-11/h3-7,9H,2,8,10H2,1H3,(H2,18,19,20). The first-order chi connectivity index (χ1) is 9.69. The van der Waals surface area contributed by atoms with E-state index in [4.69, 9.17) is 0 Å². The molecule has 5 heteroatoms. The highest BCUT2D eigenvalue weighted by atomic mass is 19.2. The second kappa shape index (κ2) is 6.84. The number of nitrogens with one attached hydrogen (secondary N) is 2. The van der Waals surface area contributed by atoms with Gasteiger partial charge < -0.3 is 10.6 Å². The van der Waals surface area contributed by atoms with E-state index >= 15 is 0 Å². The third-order valence-electron chi connectivity index (χ3n) is 2.76. The molecule has 0 radical (unpaired) electrons. The third-order valence-corrected chi connectivity index (χ3v) is 2.76. The zero-order chi connectivity index (χ0) is 14.4. The zero-order valence-corrected chi connectivity index (χ0v) is 11.3. The maximum Gasteiger partial charge on any atom is 0.159 e. The number of benzene rings is 1. The minimum atomic E-state index is -0.837. The number of nitrogens with zero attached hydrogens (tertiary/aromatic N) is 1. The SMILES string of the molecule is CCCNc1cccc(NCc2ccc(F)c(F)c2)n1. The monoisotopic (exact) mass is 277 g/mol. The van der Waals surface area contributed by atoms with Crippen molar-refractivity contribution in [1.29, 1.82) is 0 Å². The molecular formula is C15H17F2N3. The number of anilines is 2. The minimum Gasteiger partial charge on any atom is -0.370 e. The van der Waals surface area contributed by atoms with Gasteiger partial charge in [0.2, 0.25) is 0 Å². The highest BCUT2D eigenvalue weighted by molar-refractivity contribution is 5.45. The van der Waals surface area contributed by atoms with Crippen molar-refractivity contribution in [1.82, 2.24) is 4.98 Å². The maximum absolute atomic E-state index is 13.1. The molecule has 0 spiro atoms. The number of pyridine rings is 1. The van der Waals surface area contributed by atoms with Gasteiger partial charge in [-0.05, 0) is 36.2 Å². The molecule has 1 aromatic carbocycles. The van der Waals surface area contributed by atoms with Crippen LogP contribution in [0.25, 0.3) is 0 Å². The second-order valence-electron chi connectivity index (χ2n) is 4.44. The first-order valence-electron chi connectivity index (χ1n) is 6.57. The summed E-state index contributed by atoms with van der Waals surface area (Å²) in [7, 11) is 0. The van der Waals surface area contributed by atoms with Gasteiger partial charge in [-0.2, -0.15) is 0 Å². The zero-order valence-electron chi connectivity index (χ0n) is 11.3. The highest BCUT2D eigenvalue weighted by Gasteiger charge is 2.03. The van der Waals surface area contributed by atoms with Crippen LogP contribution in [-0.4, -0.2) is 11.5 Å². The van der Waals surface area contributed by atoms with Crippen molar-refractivity contribution in [2.45, 2.75) is 19.9 Å². The van der Waals surface area contributed by atoms with E-state index in [1.54, 1.807) is 6.07 Å². The van der Waals surface area contributed by atoms with E-state index in [9.17, 15) is 8.78 Å². The summed E-state index contributed by atoms with van der Waals surface area (Å²) in [6.45, 7) is 3.33. The fraction of sp³-hybridized carbons (Fsp3) is 0.267. The number of aromatic nitrogens is 1. The molecular weight excluding hydrogens is 260 g/mol. The van der Waals surface area contributed by atoms with Crippen LogP contribution in [0.5, 0.6) is 0 Å². The Balaban J connectivity index is 1.97. The lowest BCUT2D eigenvalue weighted by atomic mass is 10.2. The molecule has 0 amide bonds. The van der Waals surface area contributed by atoms with Gasteiger partial charge in [0, 0.05) is 13.1 Å². The van der Waals surface area contributed by atoms with Crippen molar-refractivity contribution in [2.24, 2.45) is 0 Å². The predicted molar refractivity (Wildman–Crippen MR) is 76.7 cm³/mol. The van der Waals surface area contributed by atoms with E-state index in [0.29, 0.717) is 17.9 Å². The van der Waals surface area contributed by atoms with Crippen LogP contribution in [0.3, 0.4) is 0 Å². The number of hydrogen-bond acceptors (Lipinski definition) is 3. The van der Waals surface area contributed by atoms with Crippen LogP contribution in [0, 0.1) is 11.6 Å². The Morgan fingerprint density at radius 1 is 1.00 bits per heavy atom. The third kappa shape index (κ3) is 3.91. The Bertz CT molecular complexity index is 573. The van der Waals surface area contributed by atoms with Crippen LogP contribution < -0.4 is 10.6 Å². The molecule has 0 aliphatic heterocycles. The molecule has 1 heterocycles. The smallest absolute Gasteiger partial charge is 0.159 e. The maximum atomic E-state index is 13.1. The van der Waals surface area contributed by atoms with Gasteiger partial charge in [-0.1, -0.05) is 19.1 Å². The van der Waals surface area contributed by atoms with Crippen LogP contribution in [0.4, 0.5) is 20.4 Å². The molecule has 2 aromatic rings. The number of halogens is 2. The summed E-state index contributed by atoms with van der Waals surface area (Å²) in [4.78, 5) is 4.38. The highest BCUT2D eigenvalue weighted by Crippen LogP contribution is 2.13. The largest absolute Gasteiger partial charge is 0.370 e. The molecule has 2 N–H and O–H groups in total. The fourth-order valence-corrected chi connectivity index (χ4v) is 1.73. The van der Waals surface area contributed by atoms with Crippen LogP contribution in [0.1, 0.15) is 18.9 Å². The van der Waals surface area contributed by atoms with Crippen LogP contribution in [0.2, 0.25) is 0 Å². The van der Waals surface area contributed by atoms with E-state index in [-0.39, 0.29) is 0 Å². The number of rotatable bonds is 6. The number of hydrogen-bond donors (Lipinski definition) is 2. The summed E-state index contributed by atoms with van der Waals surface area (Å²) in [5.41, 5.74) is 0.664. The predicted octanol–water partition coefficient (Wildman–Crippen LogP) is 3.79. The second-order valence-corrected chi connectivity index (χ2v) is 4.44. The molecule has 106 valence electrons. The molecule has 0 saturated heterocycles. The van der Waals surface area contributed by atoms with Gasteiger partial charge in [-0.3, -0.25) is 0 Å². The Labute approximate surface area is 117 Å². The van der Waals surface area contributed by atoms with Crippen molar-refractivity contribution in [2.75, 3.05) is 17.2 Å². The normalized spacial score (nSPS) is 10.3. The summed E-state index contributed by atoms with van der Waals surface area (Å²) in [5, 5.41) is 6.27. The average Bonchev–Trinajstić information content (AvgIpc) is 2.47. The quantitative estimate of drug-likeness (QED) is 0.843. The van der Waals surface area contributed by atoms with Gasteiger partial charge >= 0.3 is 0 Å². The van der Waals surface area contributed by atoms with Crippen LogP contribution in [0.15, 0.2) is 36.4 Å². The molecule has 1 aromatic heterocycles. The van der Waals surface area contributed by atoms with Gasteiger partial charge in [-0.15, -0.1) is 0 Å². The first-order valence-corrected chi connectivity index (χ1v) is 6.57. The Hall–Kier alpha value is -2.17. The van der Waals surface area contributed by atoms with Crippen molar-refractivity contribution >= 4 is 11.6 Å². The van der Waals surface area contributed by atoms with E-state index in [0.717, 1.165) is 24.8 Å². The summed E-state index contributed by atoms with van der Waals surface area (Å²) in [6.07, 6.45) is 1.02. The lowest BCUT2D eigenvalue weighted by Gasteiger charge is -2.09. The molecule has 0 unspecified atom stereocenters. The Morgan fingerprint density at radius 3 is 2.45 bits per heavy atom. The van der Waals surface area contributed by atoms with Crippen LogP contribution >= 0.6 is 0 Å². The molecule has 3 nitrogen and oxygen atoms in total. The Kier molecular flexibility index (Phi) is 4.87. The summed E-state index contributed by atoms with van der Waals surface area (Å²) >= 11 is 0. The molecule has 2 rings (SSSR count). The van der Waals surface area contributed by atoms with Crippen molar-refractivity contribution in [3.05, 3.63) is 53.6 Å². The molecule has 0 atom stereocenters. The summed E-state index contributed by atoms with van der Waals surface area (Å²) in [5.74, 6) is -0.189.